The highest BCUT2D eigenvalue weighted by Crippen LogP contribution is 2.07. The van der Waals surface area contributed by atoms with Crippen molar-refractivity contribution >= 4 is 23.4 Å². The van der Waals surface area contributed by atoms with Gasteiger partial charge in [-0.25, -0.2) is 4.39 Å². The van der Waals surface area contributed by atoms with E-state index < -0.39 is 0 Å². The normalized spacial score (nSPS) is 15.0. The number of carbonyl (C=O) groups excluding carboxylic acids is 3. The molecule has 0 aliphatic carbocycles. The van der Waals surface area contributed by atoms with Gasteiger partial charge in [0.15, 0.2) is 6.54 Å². The van der Waals surface area contributed by atoms with Crippen LogP contribution in [0.1, 0.15) is 6.92 Å². The molecule has 7 nitrogen and oxygen atoms in total. The number of nitrogens with one attached hydrogen (secondary N) is 3. The zero-order chi connectivity index (χ0) is 17.5. The lowest BCUT2D eigenvalue weighted by molar-refractivity contribution is -0.896. The fourth-order valence-electron chi connectivity index (χ4n) is 2.52. The Morgan fingerprint density at radius 2 is 1.75 bits per heavy atom. The molecule has 0 aromatic heterocycles. The molecule has 1 aliphatic heterocycles. The third-order valence-electron chi connectivity index (χ3n) is 3.90. The van der Waals surface area contributed by atoms with E-state index in [0.717, 1.165) is 18.0 Å². The molecule has 0 spiro atoms. The lowest BCUT2D eigenvalue weighted by Crippen LogP contribution is -3.15. The minimum atomic E-state index is -0.380. The summed E-state index contributed by atoms with van der Waals surface area (Å²) in [5.41, 5.74) is 0.474. The molecule has 3 N–H and O–H groups in total. The van der Waals surface area contributed by atoms with Crippen LogP contribution >= 0.6 is 0 Å². The van der Waals surface area contributed by atoms with E-state index in [1.54, 1.807) is 4.90 Å². The fraction of sp³-hybridized carbons (Fsp3) is 0.438. The van der Waals surface area contributed by atoms with Crippen LogP contribution in [0.5, 0.6) is 0 Å². The first-order valence-electron chi connectivity index (χ1n) is 7.85. The Morgan fingerprint density at radius 1 is 1.12 bits per heavy atom. The van der Waals surface area contributed by atoms with Gasteiger partial charge in [0.05, 0.1) is 32.7 Å². The van der Waals surface area contributed by atoms with E-state index in [-0.39, 0.29) is 36.6 Å². The molecular formula is C16H22FN4O3+. The van der Waals surface area contributed by atoms with Crippen molar-refractivity contribution in [3.8, 4) is 0 Å². The van der Waals surface area contributed by atoms with Gasteiger partial charge in [0.1, 0.15) is 5.82 Å². The van der Waals surface area contributed by atoms with E-state index in [1.165, 1.54) is 31.2 Å². The number of carbonyl (C=O) groups is 3. The molecule has 1 aromatic carbocycles. The van der Waals surface area contributed by atoms with Crippen molar-refractivity contribution in [3.05, 3.63) is 30.1 Å². The summed E-state index contributed by atoms with van der Waals surface area (Å²) in [6, 6.07) is 5.40. The maximum absolute atomic E-state index is 12.8. The number of benzene rings is 1. The number of hydrogen-bond acceptors (Lipinski definition) is 3. The largest absolute Gasteiger partial charge is 0.342 e. The SMILES string of the molecule is CC(=O)N1CC[NH+](CC(=O)NCC(=O)Nc2ccc(F)cc2)CC1. The highest BCUT2D eigenvalue weighted by atomic mass is 19.1. The quantitative estimate of drug-likeness (QED) is 0.620. The Bertz CT molecular complexity index is 598. The summed E-state index contributed by atoms with van der Waals surface area (Å²) in [5, 5.41) is 5.14. The molecule has 0 unspecified atom stereocenters. The fourth-order valence-corrected chi connectivity index (χ4v) is 2.52. The van der Waals surface area contributed by atoms with Gasteiger partial charge >= 0.3 is 0 Å². The maximum Gasteiger partial charge on any atom is 0.275 e. The molecule has 1 saturated heterocycles. The number of amides is 3. The molecule has 3 amide bonds. The molecule has 24 heavy (non-hydrogen) atoms. The molecule has 1 aromatic rings. The predicted octanol–water partition coefficient (Wildman–Crippen LogP) is -1.37. The number of hydrogen-bond donors (Lipinski definition) is 3. The van der Waals surface area contributed by atoms with Gasteiger partial charge in [0, 0.05) is 12.6 Å². The van der Waals surface area contributed by atoms with Gasteiger partial charge in [-0.15, -0.1) is 0 Å². The van der Waals surface area contributed by atoms with Gasteiger partial charge in [-0.3, -0.25) is 14.4 Å². The minimum absolute atomic E-state index is 0.0518. The van der Waals surface area contributed by atoms with Gasteiger partial charge in [-0.1, -0.05) is 0 Å². The Labute approximate surface area is 139 Å². The van der Waals surface area contributed by atoms with Gasteiger partial charge in [0.2, 0.25) is 11.8 Å². The standard InChI is InChI=1S/C16H21FN4O3/c1-12(22)21-8-6-20(7-9-21)11-16(24)18-10-15(23)19-14-4-2-13(17)3-5-14/h2-5H,6-11H2,1H3,(H,18,24)(H,19,23)/p+1. The summed E-state index contributed by atoms with van der Waals surface area (Å²) >= 11 is 0. The molecule has 0 radical (unpaired) electrons. The molecule has 1 heterocycles. The smallest absolute Gasteiger partial charge is 0.275 e. The van der Waals surface area contributed by atoms with Crippen LogP contribution in [0.2, 0.25) is 0 Å². The van der Waals surface area contributed by atoms with Crippen LogP contribution in [0.25, 0.3) is 0 Å². The number of quaternary nitrogens is 1. The Kier molecular flexibility index (Phi) is 6.25. The Hall–Kier alpha value is -2.48. The van der Waals surface area contributed by atoms with Crippen LogP contribution in [0.4, 0.5) is 10.1 Å². The molecule has 2 rings (SSSR count). The number of nitrogens with zero attached hydrogens (tertiary/aromatic N) is 1. The van der Waals surface area contributed by atoms with Crippen molar-refractivity contribution in [3.63, 3.8) is 0 Å². The molecule has 0 bridgehead atoms. The van der Waals surface area contributed by atoms with E-state index in [4.69, 9.17) is 0 Å². The lowest BCUT2D eigenvalue weighted by atomic mass is 10.3. The summed E-state index contributed by atoms with van der Waals surface area (Å²) in [6.07, 6.45) is 0. The highest BCUT2D eigenvalue weighted by molar-refractivity contribution is 5.94. The van der Waals surface area contributed by atoms with E-state index in [0.29, 0.717) is 18.8 Å². The molecule has 130 valence electrons. The minimum Gasteiger partial charge on any atom is -0.342 e. The van der Waals surface area contributed by atoms with Gasteiger partial charge < -0.3 is 20.4 Å². The monoisotopic (exact) mass is 337 g/mol. The molecule has 1 fully saturated rings. The average molecular weight is 337 g/mol. The first-order chi connectivity index (χ1) is 11.4. The third-order valence-corrected chi connectivity index (χ3v) is 3.90. The van der Waals surface area contributed by atoms with Crippen LogP contribution < -0.4 is 15.5 Å². The summed E-state index contributed by atoms with van der Waals surface area (Å²) in [5.74, 6) is -0.910. The number of halogens is 1. The highest BCUT2D eigenvalue weighted by Gasteiger charge is 2.23. The first kappa shape index (κ1) is 17.9. The van der Waals surface area contributed by atoms with Crippen LogP contribution in [0.3, 0.4) is 0 Å². The van der Waals surface area contributed by atoms with Crippen LogP contribution in [-0.4, -0.2) is 61.9 Å². The number of piperazine rings is 1. The van der Waals surface area contributed by atoms with E-state index >= 15 is 0 Å². The lowest BCUT2D eigenvalue weighted by Gasteiger charge is -2.31. The molecule has 8 heteroatoms. The van der Waals surface area contributed by atoms with Crippen molar-refractivity contribution in [2.45, 2.75) is 6.92 Å². The number of rotatable bonds is 5. The average Bonchev–Trinajstić information content (AvgIpc) is 2.55. The Morgan fingerprint density at radius 3 is 2.33 bits per heavy atom. The van der Waals surface area contributed by atoms with Crippen LogP contribution in [0, 0.1) is 5.82 Å². The second-order valence-electron chi connectivity index (χ2n) is 5.76. The van der Waals surface area contributed by atoms with E-state index in [2.05, 4.69) is 10.6 Å². The summed E-state index contributed by atoms with van der Waals surface area (Å²) in [6.45, 7) is 4.39. The molecule has 0 saturated carbocycles. The third kappa shape index (κ3) is 5.62. The maximum atomic E-state index is 12.8. The van der Waals surface area contributed by atoms with E-state index in [1.807, 2.05) is 0 Å². The van der Waals surface area contributed by atoms with Crippen molar-refractivity contribution in [2.24, 2.45) is 0 Å². The van der Waals surface area contributed by atoms with Gasteiger partial charge in [-0.05, 0) is 24.3 Å². The number of anilines is 1. The van der Waals surface area contributed by atoms with Crippen LogP contribution in [0.15, 0.2) is 24.3 Å². The van der Waals surface area contributed by atoms with Crippen LogP contribution in [-0.2, 0) is 14.4 Å². The second-order valence-corrected chi connectivity index (χ2v) is 5.76. The van der Waals surface area contributed by atoms with E-state index in [9.17, 15) is 18.8 Å². The molecule has 0 atom stereocenters. The molecular weight excluding hydrogens is 315 g/mol. The van der Waals surface area contributed by atoms with Crippen molar-refractivity contribution in [2.75, 3.05) is 44.6 Å². The predicted molar refractivity (Wildman–Crippen MR) is 85.9 cm³/mol. The van der Waals surface area contributed by atoms with Crippen molar-refractivity contribution < 1.29 is 23.7 Å². The summed E-state index contributed by atoms with van der Waals surface area (Å²) in [7, 11) is 0. The van der Waals surface area contributed by atoms with Gasteiger partial charge in [0.25, 0.3) is 5.91 Å². The van der Waals surface area contributed by atoms with Crippen molar-refractivity contribution in [1.29, 1.82) is 0 Å². The summed E-state index contributed by atoms with van der Waals surface area (Å²) in [4.78, 5) is 37.7. The topological polar surface area (TPSA) is 83.0 Å². The Balaban J connectivity index is 1.67. The first-order valence-corrected chi connectivity index (χ1v) is 7.85. The summed E-state index contributed by atoms with van der Waals surface area (Å²) < 4.78 is 12.8. The molecule has 1 aliphatic rings. The zero-order valence-corrected chi connectivity index (χ0v) is 13.6. The van der Waals surface area contributed by atoms with Crippen molar-refractivity contribution in [1.82, 2.24) is 10.2 Å². The zero-order valence-electron chi connectivity index (χ0n) is 13.6. The second kappa shape index (κ2) is 8.39. The van der Waals surface area contributed by atoms with Gasteiger partial charge in [-0.2, -0.15) is 0 Å².